The molecule has 3 nitrogen and oxygen atoms in total. The van der Waals surface area contributed by atoms with Gasteiger partial charge in [-0.1, -0.05) is 27.3 Å². The van der Waals surface area contributed by atoms with E-state index >= 15 is 0 Å². The molecule has 0 fully saturated rings. The number of hydrogen-bond acceptors (Lipinski definition) is 3. The summed E-state index contributed by atoms with van der Waals surface area (Å²) < 4.78 is 0. The van der Waals surface area contributed by atoms with Crippen molar-refractivity contribution < 1.29 is 1.43 Å². The fraction of sp³-hybridized carbons (Fsp3) is 0.308. The standard InChI is InChI=1S/C12H13N3.CH4.H2/c1-9(2)10-3-4-12(15-7-10)11-5-13-8-14-6-11;;/h3-9H,1-2H3;1H4;1H. The van der Waals surface area contributed by atoms with Gasteiger partial charge in [0.15, 0.2) is 0 Å². The van der Waals surface area contributed by atoms with Crippen molar-refractivity contribution in [3.63, 3.8) is 0 Å². The molecule has 2 heterocycles. The van der Waals surface area contributed by atoms with Gasteiger partial charge in [-0.2, -0.15) is 0 Å². The summed E-state index contributed by atoms with van der Waals surface area (Å²) in [6.07, 6.45) is 6.97. The number of hydrogen-bond donors (Lipinski definition) is 0. The zero-order valence-electron chi connectivity index (χ0n) is 8.88. The third-order valence-electron chi connectivity index (χ3n) is 2.31. The van der Waals surface area contributed by atoms with Gasteiger partial charge in [0.1, 0.15) is 6.33 Å². The van der Waals surface area contributed by atoms with E-state index in [0.717, 1.165) is 11.3 Å². The van der Waals surface area contributed by atoms with Crippen LogP contribution in [0.25, 0.3) is 11.3 Å². The molecule has 2 rings (SSSR count). The van der Waals surface area contributed by atoms with E-state index in [1.165, 1.54) is 11.9 Å². The molecule has 0 amide bonds. The lowest BCUT2D eigenvalue weighted by molar-refractivity contribution is 0.858. The number of aromatic nitrogens is 3. The van der Waals surface area contributed by atoms with E-state index in [9.17, 15) is 0 Å². The van der Waals surface area contributed by atoms with Crippen LogP contribution in [-0.2, 0) is 0 Å². The minimum atomic E-state index is 0. The first kappa shape index (κ1) is 12.3. The van der Waals surface area contributed by atoms with Crippen LogP contribution in [0.3, 0.4) is 0 Å². The first-order valence-electron chi connectivity index (χ1n) is 4.98. The molecule has 0 aliphatic rings. The van der Waals surface area contributed by atoms with Crippen LogP contribution in [-0.4, -0.2) is 15.0 Å². The van der Waals surface area contributed by atoms with E-state index < -0.39 is 0 Å². The predicted molar refractivity (Wildman–Crippen MR) is 68.2 cm³/mol. The number of nitrogens with zero attached hydrogens (tertiary/aromatic N) is 3. The molecule has 0 atom stereocenters. The third-order valence-corrected chi connectivity index (χ3v) is 2.31. The monoisotopic (exact) mass is 217 g/mol. The van der Waals surface area contributed by atoms with Crippen LogP contribution in [0.4, 0.5) is 0 Å². The third kappa shape index (κ3) is 2.63. The van der Waals surface area contributed by atoms with Crippen LogP contribution in [0.1, 0.15) is 34.2 Å². The van der Waals surface area contributed by atoms with Crippen LogP contribution in [0.2, 0.25) is 0 Å². The van der Waals surface area contributed by atoms with Gasteiger partial charge in [-0.3, -0.25) is 4.98 Å². The van der Waals surface area contributed by atoms with E-state index in [1.807, 2.05) is 12.3 Å². The van der Waals surface area contributed by atoms with Crippen LogP contribution < -0.4 is 0 Å². The SMILES string of the molecule is C.CC(C)c1ccc(-c2cncnc2)nc1.[HH]. The van der Waals surface area contributed by atoms with Crippen molar-refractivity contribution in [1.29, 1.82) is 0 Å². The molecule has 3 heteroatoms. The van der Waals surface area contributed by atoms with Gasteiger partial charge in [-0.15, -0.1) is 0 Å². The molecule has 0 aromatic carbocycles. The van der Waals surface area contributed by atoms with E-state index in [2.05, 4.69) is 34.9 Å². The maximum absolute atomic E-state index is 4.39. The Bertz CT molecular complexity index is 426. The van der Waals surface area contributed by atoms with E-state index in [0.29, 0.717) is 5.92 Å². The lowest BCUT2D eigenvalue weighted by atomic mass is 10.1. The maximum atomic E-state index is 4.39. The average molecular weight is 217 g/mol. The highest BCUT2D eigenvalue weighted by atomic mass is 14.8. The van der Waals surface area contributed by atoms with Gasteiger partial charge in [0.25, 0.3) is 0 Å². The first-order valence-corrected chi connectivity index (χ1v) is 4.98. The molecule has 0 saturated carbocycles. The van der Waals surface area contributed by atoms with Gasteiger partial charge in [-0.25, -0.2) is 9.97 Å². The summed E-state index contributed by atoms with van der Waals surface area (Å²) in [7, 11) is 0. The molecule has 0 bridgehead atoms. The molecule has 0 aliphatic heterocycles. The molecular formula is C13H19N3. The Morgan fingerprint density at radius 1 is 1.06 bits per heavy atom. The van der Waals surface area contributed by atoms with Crippen LogP contribution in [0, 0.1) is 0 Å². The highest BCUT2D eigenvalue weighted by Crippen LogP contribution is 2.18. The van der Waals surface area contributed by atoms with Crippen LogP contribution >= 0.6 is 0 Å². The highest BCUT2D eigenvalue weighted by Gasteiger charge is 2.02. The molecular weight excluding hydrogens is 198 g/mol. The van der Waals surface area contributed by atoms with E-state index in [-0.39, 0.29) is 8.85 Å². The Hall–Kier alpha value is -1.77. The summed E-state index contributed by atoms with van der Waals surface area (Å²) in [5, 5.41) is 0. The normalized spacial score (nSPS) is 9.94. The first-order chi connectivity index (χ1) is 7.27. The molecule has 0 unspecified atom stereocenters. The van der Waals surface area contributed by atoms with Crippen molar-refractivity contribution in [2.45, 2.75) is 27.2 Å². The number of rotatable bonds is 2. The second-order valence-electron chi connectivity index (χ2n) is 3.76. The minimum absolute atomic E-state index is 0. The van der Waals surface area contributed by atoms with Gasteiger partial charge in [-0.05, 0) is 17.5 Å². The van der Waals surface area contributed by atoms with Crippen molar-refractivity contribution >= 4 is 0 Å². The predicted octanol–water partition coefficient (Wildman–Crippen LogP) is 3.54. The second-order valence-corrected chi connectivity index (χ2v) is 3.76. The maximum Gasteiger partial charge on any atom is 0.115 e. The largest absolute Gasteiger partial charge is 0.256 e. The molecule has 2 aromatic heterocycles. The fourth-order valence-electron chi connectivity index (χ4n) is 1.35. The topological polar surface area (TPSA) is 38.7 Å². The molecule has 0 radical (unpaired) electrons. The van der Waals surface area contributed by atoms with Crippen molar-refractivity contribution in [2.75, 3.05) is 0 Å². The Balaban J connectivity index is 0.00000128. The van der Waals surface area contributed by atoms with Gasteiger partial charge in [0.05, 0.1) is 5.69 Å². The Labute approximate surface area is 98.1 Å². The summed E-state index contributed by atoms with van der Waals surface area (Å²) >= 11 is 0. The molecule has 2 aromatic rings. The van der Waals surface area contributed by atoms with E-state index in [4.69, 9.17) is 0 Å². The van der Waals surface area contributed by atoms with Gasteiger partial charge in [0, 0.05) is 25.6 Å². The fourth-order valence-corrected chi connectivity index (χ4v) is 1.35. The van der Waals surface area contributed by atoms with Gasteiger partial charge < -0.3 is 0 Å². The Kier molecular flexibility index (Phi) is 4.11. The molecule has 16 heavy (non-hydrogen) atoms. The lowest BCUT2D eigenvalue weighted by Crippen LogP contribution is -1.91. The molecule has 0 saturated heterocycles. The van der Waals surface area contributed by atoms with Gasteiger partial charge in [0.2, 0.25) is 0 Å². The van der Waals surface area contributed by atoms with Gasteiger partial charge >= 0.3 is 0 Å². The summed E-state index contributed by atoms with van der Waals surface area (Å²) in [4.78, 5) is 12.3. The van der Waals surface area contributed by atoms with Crippen molar-refractivity contribution in [3.8, 4) is 11.3 Å². The summed E-state index contributed by atoms with van der Waals surface area (Å²) in [6.45, 7) is 4.31. The summed E-state index contributed by atoms with van der Waals surface area (Å²) in [5.41, 5.74) is 3.11. The minimum Gasteiger partial charge on any atom is -0.256 e. The molecule has 0 aliphatic carbocycles. The van der Waals surface area contributed by atoms with E-state index in [1.54, 1.807) is 12.4 Å². The quantitative estimate of drug-likeness (QED) is 0.772. The average Bonchev–Trinajstić information content (AvgIpc) is 2.30. The Morgan fingerprint density at radius 2 is 1.75 bits per heavy atom. The summed E-state index contributed by atoms with van der Waals surface area (Å²) in [6, 6.07) is 4.11. The second kappa shape index (κ2) is 5.35. The molecule has 0 N–H and O–H groups in total. The molecule has 0 spiro atoms. The summed E-state index contributed by atoms with van der Waals surface area (Å²) in [5.74, 6) is 0.513. The van der Waals surface area contributed by atoms with Crippen LogP contribution in [0.5, 0.6) is 0 Å². The lowest BCUT2D eigenvalue weighted by Gasteiger charge is -2.05. The van der Waals surface area contributed by atoms with Crippen molar-refractivity contribution in [2.24, 2.45) is 0 Å². The van der Waals surface area contributed by atoms with Crippen LogP contribution in [0.15, 0.2) is 37.1 Å². The Morgan fingerprint density at radius 3 is 2.25 bits per heavy atom. The number of pyridine rings is 1. The van der Waals surface area contributed by atoms with Crippen molar-refractivity contribution in [3.05, 3.63) is 42.6 Å². The molecule has 86 valence electrons. The zero-order valence-corrected chi connectivity index (χ0v) is 8.88. The smallest absolute Gasteiger partial charge is 0.115 e. The zero-order chi connectivity index (χ0) is 10.7. The van der Waals surface area contributed by atoms with Crippen molar-refractivity contribution in [1.82, 2.24) is 15.0 Å². The highest BCUT2D eigenvalue weighted by molar-refractivity contribution is 5.56.